The summed E-state index contributed by atoms with van der Waals surface area (Å²) in [7, 11) is 0. The number of carbonyl (C=O) groups excluding carboxylic acids is 2. The highest BCUT2D eigenvalue weighted by Crippen LogP contribution is 2.19. The Morgan fingerprint density at radius 3 is 2.33 bits per heavy atom. The van der Waals surface area contributed by atoms with Gasteiger partial charge in [-0.1, -0.05) is 41.4 Å². The SMILES string of the molecule is Cc1ccc(N2CCN(C(=O)CN3CCN(Cc4cccc(Cl)c4)C3=O)CC2)cc1. The van der Waals surface area contributed by atoms with Gasteiger partial charge in [0.25, 0.3) is 0 Å². The number of carbonyl (C=O) groups is 2. The molecule has 0 radical (unpaired) electrons. The maximum Gasteiger partial charge on any atom is 0.320 e. The van der Waals surface area contributed by atoms with Crippen LogP contribution in [0.1, 0.15) is 11.1 Å². The Bertz CT molecular complexity index is 910. The van der Waals surface area contributed by atoms with E-state index in [-0.39, 0.29) is 18.5 Å². The molecule has 2 aliphatic heterocycles. The molecule has 2 saturated heterocycles. The molecule has 0 unspecified atom stereocenters. The molecule has 0 saturated carbocycles. The van der Waals surface area contributed by atoms with E-state index in [9.17, 15) is 9.59 Å². The number of anilines is 1. The second-order valence-electron chi connectivity index (χ2n) is 7.96. The first-order valence-electron chi connectivity index (χ1n) is 10.4. The van der Waals surface area contributed by atoms with Gasteiger partial charge < -0.3 is 19.6 Å². The third-order valence-electron chi connectivity index (χ3n) is 5.80. The first kappa shape index (κ1) is 20.5. The highest BCUT2D eigenvalue weighted by Gasteiger charge is 2.31. The molecule has 0 spiro atoms. The van der Waals surface area contributed by atoms with E-state index in [1.807, 2.05) is 29.2 Å². The number of nitrogens with zero attached hydrogens (tertiary/aromatic N) is 4. The summed E-state index contributed by atoms with van der Waals surface area (Å²) in [5.74, 6) is 0.0245. The van der Waals surface area contributed by atoms with Crippen molar-refractivity contribution in [3.8, 4) is 0 Å². The summed E-state index contributed by atoms with van der Waals surface area (Å²) in [6.45, 7) is 6.92. The molecular weight excluding hydrogens is 400 g/mol. The van der Waals surface area contributed by atoms with Crippen LogP contribution < -0.4 is 4.90 Å². The van der Waals surface area contributed by atoms with Crippen LogP contribution in [0.15, 0.2) is 48.5 Å². The van der Waals surface area contributed by atoms with Crippen LogP contribution >= 0.6 is 11.6 Å². The summed E-state index contributed by atoms with van der Waals surface area (Å²) >= 11 is 6.04. The van der Waals surface area contributed by atoms with E-state index >= 15 is 0 Å². The quantitative estimate of drug-likeness (QED) is 0.737. The number of urea groups is 1. The smallest absolute Gasteiger partial charge is 0.320 e. The van der Waals surface area contributed by atoms with E-state index in [1.54, 1.807) is 9.80 Å². The van der Waals surface area contributed by atoms with Crippen LogP contribution in [0.2, 0.25) is 5.02 Å². The van der Waals surface area contributed by atoms with Crippen LogP contribution in [0.4, 0.5) is 10.5 Å². The zero-order chi connectivity index (χ0) is 21.1. The number of benzene rings is 2. The first-order valence-corrected chi connectivity index (χ1v) is 10.7. The highest BCUT2D eigenvalue weighted by molar-refractivity contribution is 6.30. The minimum atomic E-state index is -0.0818. The van der Waals surface area contributed by atoms with Crippen LogP contribution in [0.5, 0.6) is 0 Å². The topological polar surface area (TPSA) is 47.1 Å². The molecule has 30 heavy (non-hydrogen) atoms. The van der Waals surface area contributed by atoms with Gasteiger partial charge in [0.15, 0.2) is 0 Å². The molecule has 0 aliphatic carbocycles. The fraction of sp³-hybridized carbons (Fsp3) is 0.391. The molecule has 2 aromatic rings. The van der Waals surface area contributed by atoms with Crippen molar-refractivity contribution in [1.29, 1.82) is 0 Å². The third-order valence-corrected chi connectivity index (χ3v) is 6.04. The first-order chi connectivity index (χ1) is 14.5. The molecule has 0 bridgehead atoms. The van der Waals surface area contributed by atoms with Crippen LogP contribution in [0, 0.1) is 6.92 Å². The number of hydrogen-bond acceptors (Lipinski definition) is 3. The number of halogens is 1. The largest absolute Gasteiger partial charge is 0.368 e. The number of piperazine rings is 1. The van der Waals surface area contributed by atoms with Gasteiger partial charge in [-0.3, -0.25) is 4.79 Å². The van der Waals surface area contributed by atoms with Crippen LogP contribution in [-0.4, -0.2) is 72.5 Å². The zero-order valence-corrected chi connectivity index (χ0v) is 18.0. The molecule has 4 rings (SSSR count). The van der Waals surface area contributed by atoms with Gasteiger partial charge in [0, 0.05) is 56.5 Å². The van der Waals surface area contributed by atoms with Crippen molar-refractivity contribution in [1.82, 2.24) is 14.7 Å². The Balaban J connectivity index is 1.27. The van der Waals surface area contributed by atoms with Gasteiger partial charge in [-0.15, -0.1) is 0 Å². The van der Waals surface area contributed by atoms with Gasteiger partial charge in [-0.25, -0.2) is 4.79 Å². The van der Waals surface area contributed by atoms with E-state index in [2.05, 4.69) is 36.1 Å². The summed E-state index contributed by atoms with van der Waals surface area (Å²) in [4.78, 5) is 33.1. The lowest BCUT2D eigenvalue weighted by atomic mass is 10.2. The standard InChI is InChI=1S/C23H27ClN4O2/c1-18-5-7-21(8-6-18)25-9-11-26(12-10-25)22(29)17-28-14-13-27(23(28)30)16-19-3-2-4-20(24)15-19/h2-8,15H,9-14,16-17H2,1H3. The molecule has 2 aliphatic rings. The molecule has 0 N–H and O–H groups in total. The predicted molar refractivity (Wildman–Crippen MR) is 119 cm³/mol. The average molecular weight is 427 g/mol. The lowest BCUT2D eigenvalue weighted by Gasteiger charge is -2.36. The van der Waals surface area contributed by atoms with Gasteiger partial charge in [-0.05, 0) is 36.8 Å². The van der Waals surface area contributed by atoms with E-state index in [0.29, 0.717) is 37.7 Å². The Kier molecular flexibility index (Phi) is 6.13. The van der Waals surface area contributed by atoms with Crippen molar-refractivity contribution in [2.75, 3.05) is 50.7 Å². The maximum absolute atomic E-state index is 12.8. The Hall–Kier alpha value is -2.73. The van der Waals surface area contributed by atoms with Gasteiger partial charge in [0.05, 0.1) is 0 Å². The molecule has 6 nitrogen and oxygen atoms in total. The van der Waals surface area contributed by atoms with Crippen molar-refractivity contribution in [3.05, 3.63) is 64.7 Å². The summed E-state index contributed by atoms with van der Waals surface area (Å²) in [6.07, 6.45) is 0. The highest BCUT2D eigenvalue weighted by atomic mass is 35.5. The van der Waals surface area contributed by atoms with Gasteiger partial charge >= 0.3 is 6.03 Å². The molecule has 0 atom stereocenters. The molecule has 2 aromatic carbocycles. The summed E-state index contributed by atoms with van der Waals surface area (Å²) in [6, 6.07) is 15.9. The van der Waals surface area contributed by atoms with Crippen LogP contribution in [-0.2, 0) is 11.3 Å². The van der Waals surface area contributed by atoms with Gasteiger partial charge in [0.1, 0.15) is 6.54 Å². The van der Waals surface area contributed by atoms with Crippen LogP contribution in [0.3, 0.4) is 0 Å². The van der Waals surface area contributed by atoms with Gasteiger partial charge in [-0.2, -0.15) is 0 Å². The minimum Gasteiger partial charge on any atom is -0.368 e. The Labute approximate surface area is 182 Å². The van der Waals surface area contributed by atoms with E-state index in [1.165, 1.54) is 11.3 Å². The number of rotatable bonds is 5. The molecule has 7 heteroatoms. The van der Waals surface area contributed by atoms with E-state index < -0.39 is 0 Å². The average Bonchev–Trinajstić information content (AvgIpc) is 3.08. The third kappa shape index (κ3) is 4.70. The second-order valence-corrected chi connectivity index (χ2v) is 8.40. The Morgan fingerprint density at radius 1 is 0.933 bits per heavy atom. The summed E-state index contributed by atoms with van der Waals surface area (Å²) in [5, 5.41) is 0.663. The molecule has 0 aromatic heterocycles. The van der Waals surface area contributed by atoms with Crippen molar-refractivity contribution >= 4 is 29.2 Å². The lowest BCUT2D eigenvalue weighted by Crippen LogP contribution is -2.51. The summed E-state index contributed by atoms with van der Waals surface area (Å²) in [5.41, 5.74) is 3.43. The fourth-order valence-electron chi connectivity index (χ4n) is 4.01. The fourth-order valence-corrected chi connectivity index (χ4v) is 4.23. The molecule has 2 fully saturated rings. The molecular formula is C23H27ClN4O2. The second kappa shape index (κ2) is 8.96. The predicted octanol–water partition coefficient (Wildman–Crippen LogP) is 3.23. The number of aryl methyl sites for hydroxylation is 1. The van der Waals surface area contributed by atoms with Crippen LogP contribution in [0.25, 0.3) is 0 Å². The monoisotopic (exact) mass is 426 g/mol. The maximum atomic E-state index is 12.8. The van der Waals surface area contributed by atoms with E-state index in [0.717, 1.165) is 18.7 Å². The van der Waals surface area contributed by atoms with Crippen molar-refractivity contribution < 1.29 is 9.59 Å². The summed E-state index contributed by atoms with van der Waals surface area (Å²) < 4.78 is 0. The van der Waals surface area contributed by atoms with Gasteiger partial charge in [0.2, 0.25) is 5.91 Å². The number of hydrogen-bond donors (Lipinski definition) is 0. The number of amides is 3. The van der Waals surface area contributed by atoms with Crippen molar-refractivity contribution in [3.63, 3.8) is 0 Å². The molecule has 2 heterocycles. The van der Waals surface area contributed by atoms with E-state index in [4.69, 9.17) is 11.6 Å². The van der Waals surface area contributed by atoms with Crippen molar-refractivity contribution in [2.24, 2.45) is 0 Å². The zero-order valence-electron chi connectivity index (χ0n) is 17.3. The normalized spacial score (nSPS) is 17.1. The molecule has 158 valence electrons. The lowest BCUT2D eigenvalue weighted by molar-refractivity contribution is -0.131. The Morgan fingerprint density at radius 2 is 1.63 bits per heavy atom. The minimum absolute atomic E-state index is 0.0245. The molecule has 3 amide bonds. The van der Waals surface area contributed by atoms with Crippen molar-refractivity contribution in [2.45, 2.75) is 13.5 Å².